The second-order valence-corrected chi connectivity index (χ2v) is 14.0. The quantitative estimate of drug-likeness (QED) is 0.189. The number of amides is 2. The van der Waals surface area contributed by atoms with Crippen LogP contribution in [0.2, 0.25) is 0 Å². The van der Waals surface area contributed by atoms with Gasteiger partial charge in [-0.3, -0.25) is 13.9 Å². The highest BCUT2D eigenvalue weighted by Crippen LogP contribution is 2.26. The third kappa shape index (κ3) is 8.97. The molecule has 0 aromatic heterocycles. The summed E-state index contributed by atoms with van der Waals surface area (Å²) in [5, 5.41) is 3.06. The van der Waals surface area contributed by atoms with Gasteiger partial charge < -0.3 is 15.0 Å². The van der Waals surface area contributed by atoms with E-state index in [1.54, 1.807) is 42.5 Å². The van der Waals surface area contributed by atoms with Crippen LogP contribution < -0.4 is 14.4 Å². The average Bonchev–Trinajstić information content (AvgIpc) is 3.02. The molecule has 0 spiro atoms. The van der Waals surface area contributed by atoms with Gasteiger partial charge in [0.15, 0.2) is 0 Å². The molecule has 0 aliphatic carbocycles. The maximum atomic E-state index is 14.6. The monoisotopic (exact) mass is 641 g/mol. The summed E-state index contributed by atoms with van der Waals surface area (Å²) in [5.41, 5.74) is 2.46. The molecule has 4 aromatic rings. The summed E-state index contributed by atoms with van der Waals surface area (Å²) in [6.07, 6.45) is 0.247. The van der Waals surface area contributed by atoms with Crippen molar-refractivity contribution in [1.29, 1.82) is 0 Å². The van der Waals surface area contributed by atoms with Crippen LogP contribution in [0.3, 0.4) is 0 Å². The van der Waals surface area contributed by atoms with E-state index in [1.165, 1.54) is 17.0 Å². The van der Waals surface area contributed by atoms with Crippen LogP contribution in [0.4, 0.5) is 5.69 Å². The molecule has 4 rings (SSSR count). The van der Waals surface area contributed by atoms with Crippen LogP contribution in [0.5, 0.6) is 5.75 Å². The Labute approximate surface area is 273 Å². The minimum absolute atomic E-state index is 0.0179. The Hall–Kier alpha value is -4.63. The van der Waals surface area contributed by atoms with E-state index >= 15 is 0 Å². The molecule has 0 unspecified atom stereocenters. The minimum Gasteiger partial charge on any atom is -0.494 e. The Morgan fingerprint density at radius 2 is 1.41 bits per heavy atom. The SMILES string of the molecule is CCOc1ccc(S(=O)(=O)N(CC(=O)N(Cc2ccccc2C)[C@H](Cc2ccccc2)C(=O)NC(C)(C)C)c2ccccc2)cc1. The zero-order valence-corrected chi connectivity index (χ0v) is 28.0. The third-order valence-corrected chi connectivity index (χ3v) is 9.21. The molecular weight excluding hydrogens is 598 g/mol. The van der Waals surface area contributed by atoms with Gasteiger partial charge in [-0.25, -0.2) is 8.42 Å². The average molecular weight is 642 g/mol. The first-order chi connectivity index (χ1) is 21.9. The zero-order valence-electron chi connectivity index (χ0n) is 27.1. The summed E-state index contributed by atoms with van der Waals surface area (Å²) in [6.45, 7) is 9.51. The van der Waals surface area contributed by atoms with Crippen molar-refractivity contribution < 1.29 is 22.7 Å². The molecule has 4 aromatic carbocycles. The Morgan fingerprint density at radius 3 is 2.00 bits per heavy atom. The van der Waals surface area contributed by atoms with E-state index in [0.717, 1.165) is 21.0 Å². The number of sulfonamides is 1. The van der Waals surface area contributed by atoms with Gasteiger partial charge in [0, 0.05) is 18.5 Å². The Bertz CT molecular complexity index is 1700. The highest BCUT2D eigenvalue weighted by molar-refractivity contribution is 7.92. The molecule has 0 heterocycles. The fourth-order valence-electron chi connectivity index (χ4n) is 5.10. The molecule has 0 aliphatic heterocycles. The second-order valence-electron chi connectivity index (χ2n) is 12.1. The minimum atomic E-state index is -4.20. The maximum absolute atomic E-state index is 14.6. The zero-order chi connectivity index (χ0) is 33.3. The standard InChI is InChI=1S/C37H43N3O5S/c1-6-45-32-21-23-33(24-22-32)46(43,44)40(31-19-11-8-12-20-31)27-35(41)39(26-30-18-14-13-15-28(30)2)34(36(42)38-37(3,4)5)25-29-16-9-7-10-17-29/h7-24,34H,6,25-27H2,1-5H3,(H,38,42)/t34-/m1/s1. The lowest BCUT2D eigenvalue weighted by Crippen LogP contribution is -2.56. The molecule has 2 amide bonds. The van der Waals surface area contributed by atoms with Gasteiger partial charge in [-0.1, -0.05) is 72.8 Å². The fraction of sp³-hybridized carbons (Fsp3) is 0.297. The maximum Gasteiger partial charge on any atom is 0.264 e. The van der Waals surface area contributed by atoms with Crippen molar-refractivity contribution in [3.05, 3.63) is 126 Å². The Morgan fingerprint density at radius 1 is 0.826 bits per heavy atom. The molecule has 0 saturated carbocycles. The van der Waals surface area contributed by atoms with Gasteiger partial charge in [0.05, 0.1) is 17.2 Å². The number of hydrogen-bond donors (Lipinski definition) is 1. The van der Waals surface area contributed by atoms with Crippen LogP contribution in [-0.4, -0.2) is 49.9 Å². The number of carbonyl (C=O) groups is 2. The van der Waals surface area contributed by atoms with E-state index in [1.807, 2.05) is 89.2 Å². The van der Waals surface area contributed by atoms with Gasteiger partial charge in [0.2, 0.25) is 11.8 Å². The molecule has 0 bridgehead atoms. The van der Waals surface area contributed by atoms with E-state index in [9.17, 15) is 18.0 Å². The van der Waals surface area contributed by atoms with Crippen LogP contribution in [0.15, 0.2) is 114 Å². The summed E-state index contributed by atoms with van der Waals surface area (Å²) in [5.74, 6) is -0.285. The highest BCUT2D eigenvalue weighted by Gasteiger charge is 2.35. The number of rotatable bonds is 13. The number of benzene rings is 4. The molecule has 0 radical (unpaired) electrons. The van der Waals surface area contributed by atoms with Crippen LogP contribution in [0.1, 0.15) is 44.4 Å². The van der Waals surface area contributed by atoms with Crippen LogP contribution in [0.25, 0.3) is 0 Å². The first-order valence-corrected chi connectivity index (χ1v) is 16.8. The van der Waals surface area contributed by atoms with Crippen molar-refractivity contribution in [2.75, 3.05) is 17.5 Å². The van der Waals surface area contributed by atoms with E-state index in [4.69, 9.17) is 4.74 Å². The van der Waals surface area contributed by atoms with E-state index < -0.39 is 34.1 Å². The molecule has 0 fully saturated rings. The number of nitrogens with zero attached hydrogens (tertiary/aromatic N) is 2. The normalized spacial score (nSPS) is 12.2. The van der Waals surface area contributed by atoms with Crippen LogP contribution in [0, 0.1) is 6.92 Å². The first kappa shape index (κ1) is 34.2. The smallest absolute Gasteiger partial charge is 0.264 e. The number of aryl methyl sites for hydroxylation is 1. The molecular formula is C37H43N3O5S. The van der Waals surface area contributed by atoms with Crippen molar-refractivity contribution in [2.24, 2.45) is 0 Å². The molecule has 8 nitrogen and oxygen atoms in total. The van der Waals surface area contributed by atoms with Gasteiger partial charge in [0.25, 0.3) is 10.0 Å². The summed E-state index contributed by atoms with van der Waals surface area (Å²) in [4.78, 5) is 30.1. The molecule has 9 heteroatoms. The number of hydrogen-bond acceptors (Lipinski definition) is 5. The third-order valence-electron chi connectivity index (χ3n) is 7.42. The fourth-order valence-corrected chi connectivity index (χ4v) is 6.52. The van der Waals surface area contributed by atoms with E-state index in [-0.39, 0.29) is 23.8 Å². The predicted octanol–water partition coefficient (Wildman–Crippen LogP) is 6.14. The number of para-hydroxylation sites is 1. The lowest BCUT2D eigenvalue weighted by atomic mass is 10.00. The topological polar surface area (TPSA) is 96.0 Å². The number of nitrogens with one attached hydrogen (secondary N) is 1. The van der Waals surface area contributed by atoms with Crippen molar-refractivity contribution in [2.45, 2.75) is 64.1 Å². The lowest BCUT2D eigenvalue weighted by molar-refractivity contribution is -0.140. The molecule has 0 aliphatic rings. The molecule has 0 saturated heterocycles. The van der Waals surface area contributed by atoms with E-state index in [2.05, 4.69) is 5.32 Å². The van der Waals surface area contributed by atoms with Gasteiger partial charge in [-0.05, 0) is 87.7 Å². The number of carbonyl (C=O) groups excluding carboxylic acids is 2. The Kier molecular flexibility index (Phi) is 11.2. The summed E-state index contributed by atoms with van der Waals surface area (Å²) in [7, 11) is -4.20. The summed E-state index contributed by atoms with van der Waals surface area (Å²) < 4.78 is 35.0. The van der Waals surface area contributed by atoms with Gasteiger partial charge in [0.1, 0.15) is 18.3 Å². The molecule has 242 valence electrons. The van der Waals surface area contributed by atoms with Gasteiger partial charge in [-0.15, -0.1) is 0 Å². The van der Waals surface area contributed by atoms with E-state index in [0.29, 0.717) is 18.0 Å². The van der Waals surface area contributed by atoms with Crippen LogP contribution >= 0.6 is 0 Å². The molecule has 46 heavy (non-hydrogen) atoms. The van der Waals surface area contributed by atoms with Crippen molar-refractivity contribution in [3.8, 4) is 5.75 Å². The number of ether oxygens (including phenoxy) is 1. The van der Waals surface area contributed by atoms with Crippen molar-refractivity contribution in [3.63, 3.8) is 0 Å². The number of anilines is 1. The van der Waals surface area contributed by atoms with Crippen molar-refractivity contribution >= 4 is 27.5 Å². The second kappa shape index (κ2) is 15.1. The van der Waals surface area contributed by atoms with Gasteiger partial charge >= 0.3 is 0 Å². The molecule has 1 N–H and O–H groups in total. The lowest BCUT2D eigenvalue weighted by Gasteiger charge is -2.35. The van der Waals surface area contributed by atoms with Crippen molar-refractivity contribution in [1.82, 2.24) is 10.2 Å². The predicted molar refractivity (Wildman–Crippen MR) is 182 cm³/mol. The largest absolute Gasteiger partial charge is 0.494 e. The van der Waals surface area contributed by atoms with Crippen LogP contribution in [-0.2, 0) is 32.6 Å². The Balaban J connectivity index is 1.80. The molecule has 1 atom stereocenters. The first-order valence-electron chi connectivity index (χ1n) is 15.4. The highest BCUT2D eigenvalue weighted by atomic mass is 32.2. The summed E-state index contributed by atoms with van der Waals surface area (Å²) in [6, 6.07) is 30.9. The summed E-state index contributed by atoms with van der Waals surface area (Å²) >= 11 is 0. The van der Waals surface area contributed by atoms with Gasteiger partial charge in [-0.2, -0.15) is 0 Å².